The zero-order valence-electron chi connectivity index (χ0n) is 14.1. The van der Waals surface area contributed by atoms with Crippen LogP contribution in [0.3, 0.4) is 0 Å². The number of nitrogens with zero attached hydrogens (tertiary/aromatic N) is 2. The van der Waals surface area contributed by atoms with Gasteiger partial charge in [0.05, 0.1) is 0 Å². The second-order valence-corrected chi connectivity index (χ2v) is 8.55. The topological polar surface area (TPSA) is 186 Å². The normalized spacial score (nSPS) is 29.8. The predicted molar refractivity (Wildman–Crippen MR) is 87.5 cm³/mol. The third kappa shape index (κ3) is 5.33. The van der Waals surface area contributed by atoms with Gasteiger partial charge in [0.25, 0.3) is 0 Å². The van der Waals surface area contributed by atoms with Gasteiger partial charge >= 0.3 is 146 Å². The number of hydrogen-bond donors (Lipinski definition) is 6. The Hall–Kier alpha value is -0.370. The Morgan fingerprint density at radius 3 is 2.19 bits per heavy atom. The molecule has 3 rings (SSSR count). The van der Waals surface area contributed by atoms with E-state index in [0.717, 1.165) is 13.1 Å². The van der Waals surface area contributed by atoms with Gasteiger partial charge in [-0.25, -0.2) is 4.57 Å². The molecule has 0 spiro atoms. The maximum absolute atomic E-state index is 12.0. The van der Waals surface area contributed by atoms with Gasteiger partial charge in [0.1, 0.15) is 0 Å². The van der Waals surface area contributed by atoms with Gasteiger partial charge in [-0.05, 0) is 0 Å². The number of nitrogens with one attached hydrogen (secondary N) is 1. The van der Waals surface area contributed by atoms with E-state index in [9.17, 15) is 19.8 Å². The SMILES string of the molecule is CN1CC(n2cc([C@@H]3O[C@H]([Na])[C@@H](O)[C@H]3O)c(=O)[nH]c2=O)C1.O=P(O)(O)O. The largest absolute Gasteiger partial charge is 0.466 e. The van der Waals surface area contributed by atoms with Crippen molar-refractivity contribution >= 4 is 35.8 Å². The molecule has 0 aliphatic carbocycles. The molecule has 1 aromatic rings. The van der Waals surface area contributed by atoms with Crippen LogP contribution in [0.4, 0.5) is 0 Å². The van der Waals surface area contributed by atoms with Gasteiger partial charge in [-0.3, -0.25) is 0 Å². The number of aromatic nitrogens is 2. The number of ether oxygens (including phenoxy) is 1. The molecule has 14 heteroatoms. The summed E-state index contributed by atoms with van der Waals surface area (Å²) in [6.07, 6.45) is -1.57. The van der Waals surface area contributed by atoms with Crippen LogP contribution in [0.1, 0.15) is 17.7 Å². The quantitative estimate of drug-likeness (QED) is 0.213. The summed E-state index contributed by atoms with van der Waals surface area (Å²) < 4.78 is 15.4. The van der Waals surface area contributed by atoms with Crippen molar-refractivity contribution in [2.75, 3.05) is 20.1 Å². The molecule has 0 bridgehead atoms. The summed E-state index contributed by atoms with van der Waals surface area (Å²) in [6.45, 7) is 1.46. The van der Waals surface area contributed by atoms with E-state index in [0.29, 0.717) is 27.9 Å². The van der Waals surface area contributed by atoms with Crippen LogP contribution in [-0.2, 0) is 9.30 Å². The number of aliphatic hydroxyl groups is 2. The summed E-state index contributed by atoms with van der Waals surface area (Å²) in [4.78, 5) is 49.8. The number of aromatic amines is 1. The Morgan fingerprint density at radius 1 is 1.23 bits per heavy atom. The van der Waals surface area contributed by atoms with Crippen molar-refractivity contribution in [1.29, 1.82) is 0 Å². The Kier molecular flexibility index (Phi) is 7.03. The summed E-state index contributed by atoms with van der Waals surface area (Å²) in [5.41, 5.74) is -0.845. The zero-order valence-corrected chi connectivity index (χ0v) is 17.0. The molecular weight excluding hydrogens is 384 g/mol. The number of phosphoric acid groups is 1. The number of rotatable bonds is 2. The minimum atomic E-state index is -4.64. The summed E-state index contributed by atoms with van der Waals surface area (Å²) in [7, 11) is -2.69. The summed E-state index contributed by atoms with van der Waals surface area (Å²) in [5, 5.41) is 19.8. The van der Waals surface area contributed by atoms with Crippen molar-refractivity contribution < 1.29 is 34.2 Å². The van der Waals surface area contributed by atoms with Crippen LogP contribution in [0.5, 0.6) is 0 Å². The Balaban J connectivity index is 0.000000431. The van der Waals surface area contributed by atoms with Crippen molar-refractivity contribution in [2.24, 2.45) is 0 Å². The van der Waals surface area contributed by atoms with Crippen LogP contribution in [0.15, 0.2) is 15.8 Å². The second-order valence-electron chi connectivity index (χ2n) is 6.38. The number of likely N-dealkylation sites (tertiary alicyclic amines) is 1. The molecule has 4 atom stereocenters. The van der Waals surface area contributed by atoms with E-state index in [-0.39, 0.29) is 11.6 Å². The van der Waals surface area contributed by atoms with Crippen LogP contribution >= 0.6 is 7.82 Å². The monoisotopic (exact) mass is 403 g/mol. The third-order valence-electron chi connectivity index (χ3n) is 4.24. The number of aliphatic hydroxyl groups excluding tert-OH is 2. The molecule has 0 unspecified atom stereocenters. The van der Waals surface area contributed by atoms with Gasteiger partial charge in [-0.2, -0.15) is 0 Å². The summed E-state index contributed by atoms with van der Waals surface area (Å²) in [5.74, 6) is 0. The van der Waals surface area contributed by atoms with Crippen LogP contribution in [0, 0.1) is 0 Å². The Bertz CT molecular complexity index is 794. The summed E-state index contributed by atoms with van der Waals surface area (Å²) >= 11 is 0.545. The average molecular weight is 403 g/mol. The first-order chi connectivity index (χ1) is 11.9. The van der Waals surface area contributed by atoms with Crippen LogP contribution in [0.2, 0.25) is 0 Å². The Morgan fingerprint density at radius 2 is 1.77 bits per heavy atom. The minimum absolute atomic E-state index is 0.00775. The fourth-order valence-corrected chi connectivity index (χ4v) is 3.61. The first-order valence-electron chi connectivity index (χ1n) is 7.72. The van der Waals surface area contributed by atoms with Gasteiger partial charge < -0.3 is 14.7 Å². The van der Waals surface area contributed by atoms with Gasteiger partial charge in [0.15, 0.2) is 0 Å². The minimum Gasteiger partial charge on any atom is -0.303 e. The maximum Gasteiger partial charge on any atom is 0.466 e. The molecular formula is C12H19N3NaO9P. The van der Waals surface area contributed by atoms with Gasteiger partial charge in [0, 0.05) is 0 Å². The Labute approximate surface area is 164 Å². The molecule has 26 heavy (non-hydrogen) atoms. The molecule has 12 nitrogen and oxygen atoms in total. The molecule has 2 saturated heterocycles. The van der Waals surface area contributed by atoms with E-state index >= 15 is 0 Å². The molecule has 2 fully saturated rings. The van der Waals surface area contributed by atoms with E-state index in [4.69, 9.17) is 24.0 Å². The molecule has 2 aliphatic heterocycles. The second kappa shape index (κ2) is 8.33. The van der Waals surface area contributed by atoms with E-state index in [1.807, 2.05) is 7.05 Å². The molecule has 0 aromatic carbocycles. The molecule has 6 N–H and O–H groups in total. The average Bonchev–Trinajstić information content (AvgIpc) is 2.71. The molecule has 142 valence electrons. The van der Waals surface area contributed by atoms with Crippen molar-refractivity contribution in [2.45, 2.75) is 27.7 Å². The fourth-order valence-electron chi connectivity index (χ4n) is 2.92. The molecule has 3 heterocycles. The van der Waals surface area contributed by atoms with E-state index in [2.05, 4.69) is 9.88 Å². The first kappa shape index (κ1) is 21.9. The van der Waals surface area contributed by atoms with Gasteiger partial charge in [0.2, 0.25) is 0 Å². The van der Waals surface area contributed by atoms with Crippen LogP contribution in [-0.4, -0.2) is 103 Å². The molecule has 0 amide bonds. The van der Waals surface area contributed by atoms with E-state index < -0.39 is 40.7 Å². The number of hydrogen-bond acceptors (Lipinski definition) is 7. The zero-order chi connectivity index (χ0) is 19.8. The van der Waals surface area contributed by atoms with E-state index in [1.165, 1.54) is 10.8 Å². The van der Waals surface area contributed by atoms with Gasteiger partial charge in [-0.15, -0.1) is 0 Å². The first-order valence-corrected chi connectivity index (χ1v) is 10.4. The van der Waals surface area contributed by atoms with Crippen molar-refractivity contribution in [1.82, 2.24) is 14.5 Å². The van der Waals surface area contributed by atoms with Crippen molar-refractivity contribution in [3.05, 3.63) is 32.6 Å². The fraction of sp³-hybridized carbons (Fsp3) is 0.667. The predicted octanol–water partition coefficient (Wildman–Crippen LogP) is -3.62. The molecule has 0 saturated carbocycles. The molecule has 1 aromatic heterocycles. The molecule has 2 aliphatic rings. The van der Waals surface area contributed by atoms with Crippen LogP contribution < -0.4 is 11.2 Å². The number of likely N-dealkylation sites (N-methyl/N-ethyl adjacent to an activating group) is 1. The smallest absolute Gasteiger partial charge is 0.303 e. The van der Waals surface area contributed by atoms with Crippen molar-refractivity contribution in [3.8, 4) is 0 Å². The standard InChI is InChI=1S/C12H16N3O5.Na.H3O4P/c1-14-2-6(3-14)15-4-7(11(18)13-12(15)19)10-9(17)8(16)5-20-10;;1-5(2,3)4/h4-6,8-10,16-17H,2-3H2,1H3,(H,13,18,19);;(H3,1,2,3,4)/t8-,9-,10+;;/m1../s1. The van der Waals surface area contributed by atoms with Gasteiger partial charge in [-0.1, -0.05) is 0 Å². The maximum atomic E-state index is 12.0. The third-order valence-corrected chi connectivity index (χ3v) is 5.20. The van der Waals surface area contributed by atoms with E-state index in [1.54, 1.807) is 0 Å². The molecule has 0 radical (unpaired) electrons. The number of H-pyrrole nitrogens is 1. The van der Waals surface area contributed by atoms with Crippen molar-refractivity contribution in [3.63, 3.8) is 0 Å². The summed E-state index contributed by atoms with van der Waals surface area (Å²) in [6, 6.07) is 0.00775. The van der Waals surface area contributed by atoms with Crippen LogP contribution in [0.25, 0.3) is 0 Å².